The molecule has 2 aromatic heterocycles. The van der Waals surface area contributed by atoms with Crippen molar-refractivity contribution >= 4 is 27.8 Å². The summed E-state index contributed by atoms with van der Waals surface area (Å²) >= 11 is 0. The maximum Gasteiger partial charge on any atom is 0.287 e. The van der Waals surface area contributed by atoms with Gasteiger partial charge in [-0.05, 0) is 43.7 Å². The highest BCUT2D eigenvalue weighted by atomic mass is 16.3. The second-order valence-corrected chi connectivity index (χ2v) is 6.04. The Labute approximate surface area is 139 Å². The smallest absolute Gasteiger partial charge is 0.287 e. The highest BCUT2D eigenvalue weighted by Crippen LogP contribution is 2.23. The number of benzene rings is 2. The Hall–Kier alpha value is -3.01. The monoisotopic (exact) mass is 319 g/mol. The summed E-state index contributed by atoms with van der Waals surface area (Å²) in [5, 5.41) is 4.82. The number of fused-ring (bicyclic) bond motifs is 2. The fourth-order valence-electron chi connectivity index (χ4n) is 2.88. The molecule has 0 radical (unpaired) electrons. The Morgan fingerprint density at radius 1 is 1.00 bits per heavy atom. The molecule has 4 aromatic rings. The van der Waals surface area contributed by atoms with Crippen LogP contribution in [0.15, 0.2) is 57.4 Å². The Bertz CT molecular complexity index is 1060. The molecular formula is C20H17NO3. The summed E-state index contributed by atoms with van der Waals surface area (Å²) in [4.78, 5) is 12.3. The van der Waals surface area contributed by atoms with Gasteiger partial charge in [0.05, 0.1) is 6.54 Å². The van der Waals surface area contributed by atoms with Crippen LogP contribution in [-0.4, -0.2) is 5.91 Å². The quantitative estimate of drug-likeness (QED) is 0.594. The van der Waals surface area contributed by atoms with Crippen LogP contribution in [0, 0.1) is 13.8 Å². The second kappa shape index (κ2) is 5.57. The highest BCUT2D eigenvalue weighted by molar-refractivity contribution is 5.96. The van der Waals surface area contributed by atoms with Crippen molar-refractivity contribution in [2.24, 2.45) is 0 Å². The molecule has 2 aromatic carbocycles. The summed E-state index contributed by atoms with van der Waals surface area (Å²) in [6.07, 6.45) is 0. The molecule has 1 amide bonds. The number of hydrogen-bond acceptors (Lipinski definition) is 3. The van der Waals surface area contributed by atoms with E-state index in [2.05, 4.69) is 11.4 Å². The van der Waals surface area contributed by atoms with Crippen LogP contribution in [0.3, 0.4) is 0 Å². The Morgan fingerprint density at radius 3 is 2.71 bits per heavy atom. The van der Waals surface area contributed by atoms with Gasteiger partial charge in [-0.25, -0.2) is 0 Å². The summed E-state index contributed by atoms with van der Waals surface area (Å²) in [7, 11) is 0. The van der Waals surface area contributed by atoms with Gasteiger partial charge in [-0.15, -0.1) is 0 Å². The third-order valence-corrected chi connectivity index (χ3v) is 4.11. The van der Waals surface area contributed by atoms with Crippen molar-refractivity contribution in [3.63, 3.8) is 0 Å². The van der Waals surface area contributed by atoms with Crippen LogP contribution in [-0.2, 0) is 6.54 Å². The molecule has 0 fully saturated rings. The number of hydrogen-bond donors (Lipinski definition) is 1. The van der Waals surface area contributed by atoms with Crippen LogP contribution >= 0.6 is 0 Å². The Kier molecular flexibility index (Phi) is 3.38. The molecule has 0 unspecified atom stereocenters. The molecule has 0 bridgehead atoms. The van der Waals surface area contributed by atoms with E-state index in [1.54, 1.807) is 6.07 Å². The first kappa shape index (κ1) is 14.6. The van der Waals surface area contributed by atoms with Crippen molar-refractivity contribution < 1.29 is 13.6 Å². The predicted molar refractivity (Wildman–Crippen MR) is 93.1 cm³/mol. The zero-order chi connectivity index (χ0) is 16.7. The molecule has 4 heteroatoms. The van der Waals surface area contributed by atoms with Crippen molar-refractivity contribution in [2.45, 2.75) is 20.4 Å². The third kappa shape index (κ3) is 2.56. The highest BCUT2D eigenvalue weighted by Gasteiger charge is 2.14. The predicted octanol–water partition coefficient (Wildman–Crippen LogP) is 4.73. The summed E-state index contributed by atoms with van der Waals surface area (Å²) in [6, 6.07) is 15.6. The maximum atomic E-state index is 12.3. The molecule has 0 aliphatic carbocycles. The van der Waals surface area contributed by atoms with E-state index in [4.69, 9.17) is 8.83 Å². The lowest BCUT2D eigenvalue weighted by Crippen LogP contribution is -2.21. The first-order chi connectivity index (χ1) is 11.6. The standard InChI is InChI=1S/C20H17NO3/c1-12-6-7-17-15(8-12)9-16(23-17)11-21-20(22)18-10-14-5-3-4-13(2)19(14)24-18/h3-10H,11H2,1-2H3,(H,21,22). The molecule has 0 saturated carbocycles. The first-order valence-electron chi connectivity index (χ1n) is 7.86. The van der Waals surface area contributed by atoms with E-state index < -0.39 is 0 Å². The van der Waals surface area contributed by atoms with Gasteiger partial charge in [0.1, 0.15) is 16.9 Å². The van der Waals surface area contributed by atoms with E-state index in [1.807, 2.05) is 50.2 Å². The fourth-order valence-corrected chi connectivity index (χ4v) is 2.88. The lowest BCUT2D eigenvalue weighted by Gasteiger charge is -1.99. The number of aryl methyl sites for hydroxylation is 2. The van der Waals surface area contributed by atoms with Gasteiger partial charge >= 0.3 is 0 Å². The van der Waals surface area contributed by atoms with Gasteiger partial charge < -0.3 is 14.2 Å². The Balaban J connectivity index is 1.53. The first-order valence-corrected chi connectivity index (χ1v) is 7.86. The molecule has 0 spiro atoms. The van der Waals surface area contributed by atoms with E-state index in [0.717, 1.165) is 33.3 Å². The van der Waals surface area contributed by atoms with Crippen molar-refractivity contribution in [3.8, 4) is 0 Å². The molecule has 0 aliphatic rings. The van der Waals surface area contributed by atoms with E-state index >= 15 is 0 Å². The average Bonchev–Trinajstić information content (AvgIpc) is 3.16. The van der Waals surface area contributed by atoms with E-state index in [1.165, 1.54) is 5.56 Å². The number of para-hydroxylation sites is 1. The number of amides is 1. The largest absolute Gasteiger partial charge is 0.459 e. The summed E-state index contributed by atoms with van der Waals surface area (Å²) < 4.78 is 11.4. The summed E-state index contributed by atoms with van der Waals surface area (Å²) in [5.41, 5.74) is 3.77. The minimum atomic E-state index is -0.248. The van der Waals surface area contributed by atoms with Crippen LogP contribution in [0.4, 0.5) is 0 Å². The van der Waals surface area contributed by atoms with Gasteiger partial charge in [-0.2, -0.15) is 0 Å². The lowest BCUT2D eigenvalue weighted by atomic mass is 10.2. The van der Waals surface area contributed by atoms with Crippen molar-refractivity contribution in [3.05, 3.63) is 71.2 Å². The van der Waals surface area contributed by atoms with E-state index in [-0.39, 0.29) is 5.91 Å². The molecule has 0 aliphatic heterocycles. The molecule has 24 heavy (non-hydrogen) atoms. The lowest BCUT2D eigenvalue weighted by molar-refractivity contribution is 0.0922. The maximum absolute atomic E-state index is 12.3. The normalized spacial score (nSPS) is 11.2. The van der Waals surface area contributed by atoms with E-state index in [9.17, 15) is 4.79 Å². The van der Waals surface area contributed by atoms with Gasteiger partial charge in [0.25, 0.3) is 5.91 Å². The molecule has 0 saturated heterocycles. The van der Waals surface area contributed by atoms with Gasteiger partial charge in [-0.3, -0.25) is 4.79 Å². The minimum absolute atomic E-state index is 0.248. The summed E-state index contributed by atoms with van der Waals surface area (Å²) in [5.74, 6) is 0.782. The zero-order valence-corrected chi connectivity index (χ0v) is 13.6. The van der Waals surface area contributed by atoms with Gasteiger partial charge in [-0.1, -0.05) is 29.8 Å². The van der Waals surface area contributed by atoms with E-state index in [0.29, 0.717) is 12.3 Å². The topological polar surface area (TPSA) is 55.4 Å². The van der Waals surface area contributed by atoms with Crippen LogP contribution in [0.25, 0.3) is 21.9 Å². The van der Waals surface area contributed by atoms with Crippen molar-refractivity contribution in [1.29, 1.82) is 0 Å². The molecule has 0 atom stereocenters. The number of furan rings is 2. The molecule has 4 rings (SSSR count). The zero-order valence-electron chi connectivity index (χ0n) is 13.6. The SMILES string of the molecule is Cc1ccc2oc(CNC(=O)c3cc4cccc(C)c4o3)cc2c1. The molecular weight excluding hydrogens is 302 g/mol. The second-order valence-electron chi connectivity index (χ2n) is 6.04. The number of rotatable bonds is 3. The molecule has 120 valence electrons. The van der Waals surface area contributed by atoms with Crippen molar-refractivity contribution in [1.82, 2.24) is 5.32 Å². The van der Waals surface area contributed by atoms with Gasteiger partial charge in [0.15, 0.2) is 5.76 Å². The number of nitrogens with one attached hydrogen (secondary N) is 1. The summed E-state index contributed by atoms with van der Waals surface area (Å²) in [6.45, 7) is 4.32. The third-order valence-electron chi connectivity index (χ3n) is 4.11. The van der Waals surface area contributed by atoms with Crippen LogP contribution in [0.5, 0.6) is 0 Å². The minimum Gasteiger partial charge on any atom is -0.459 e. The van der Waals surface area contributed by atoms with Crippen molar-refractivity contribution in [2.75, 3.05) is 0 Å². The van der Waals surface area contributed by atoms with Crippen LogP contribution in [0.1, 0.15) is 27.4 Å². The number of carbonyl (C=O) groups excluding carboxylic acids is 1. The Morgan fingerprint density at radius 2 is 1.88 bits per heavy atom. The van der Waals surface area contributed by atoms with Crippen LogP contribution < -0.4 is 5.32 Å². The fraction of sp³-hybridized carbons (Fsp3) is 0.150. The average molecular weight is 319 g/mol. The molecule has 4 nitrogen and oxygen atoms in total. The van der Waals surface area contributed by atoms with Gasteiger partial charge in [0.2, 0.25) is 0 Å². The molecule has 2 heterocycles. The number of carbonyl (C=O) groups is 1. The molecule has 1 N–H and O–H groups in total. The van der Waals surface area contributed by atoms with Gasteiger partial charge in [0, 0.05) is 10.8 Å². The van der Waals surface area contributed by atoms with Crippen LogP contribution in [0.2, 0.25) is 0 Å².